The van der Waals surface area contributed by atoms with E-state index in [0.717, 1.165) is 12.1 Å². The second kappa shape index (κ2) is 6.81. The van der Waals surface area contributed by atoms with E-state index in [0.29, 0.717) is 31.1 Å². The molecule has 140 valence electrons. The fourth-order valence-electron chi connectivity index (χ4n) is 3.41. The number of aromatic nitrogens is 2. The SMILES string of the molecule is Cc1cc(C(=O)N2CCCC2(C)C(=O)NCC(C)C)nn1C(C)(C)C. The number of likely N-dealkylation sites (tertiary alicyclic amines) is 1. The Morgan fingerprint density at radius 1 is 1.36 bits per heavy atom. The lowest BCUT2D eigenvalue weighted by molar-refractivity contribution is -0.130. The molecule has 1 aromatic heterocycles. The number of hydrogen-bond donors (Lipinski definition) is 1. The summed E-state index contributed by atoms with van der Waals surface area (Å²) in [6.07, 6.45) is 1.51. The molecule has 2 rings (SSSR count). The Labute approximate surface area is 151 Å². The summed E-state index contributed by atoms with van der Waals surface area (Å²) in [6, 6.07) is 1.82. The number of rotatable bonds is 4. The topological polar surface area (TPSA) is 67.2 Å². The molecule has 2 amide bonds. The average Bonchev–Trinajstić information content (AvgIpc) is 3.07. The summed E-state index contributed by atoms with van der Waals surface area (Å²) >= 11 is 0. The summed E-state index contributed by atoms with van der Waals surface area (Å²) in [4.78, 5) is 27.5. The van der Waals surface area contributed by atoms with Crippen LogP contribution in [0.15, 0.2) is 6.07 Å². The normalized spacial score (nSPS) is 21.0. The third-order valence-electron chi connectivity index (χ3n) is 4.79. The highest BCUT2D eigenvalue weighted by Gasteiger charge is 2.46. The quantitative estimate of drug-likeness (QED) is 0.910. The standard InChI is InChI=1S/C19H32N4O2/c1-13(2)12-20-17(25)19(7)9-8-10-22(19)16(24)15-11-14(3)23(21-15)18(4,5)6/h11,13H,8-10,12H2,1-7H3,(H,20,25). The van der Waals surface area contributed by atoms with Crippen LogP contribution >= 0.6 is 0 Å². The molecule has 1 atom stereocenters. The first-order valence-electron chi connectivity index (χ1n) is 9.14. The Hall–Kier alpha value is -1.85. The summed E-state index contributed by atoms with van der Waals surface area (Å²) in [5.74, 6) is 0.146. The monoisotopic (exact) mass is 348 g/mol. The summed E-state index contributed by atoms with van der Waals surface area (Å²) in [5.41, 5.74) is 0.370. The molecule has 1 aliphatic heterocycles. The van der Waals surface area contributed by atoms with Crippen LogP contribution in [0.3, 0.4) is 0 Å². The van der Waals surface area contributed by atoms with E-state index < -0.39 is 5.54 Å². The number of nitrogens with one attached hydrogen (secondary N) is 1. The van der Waals surface area contributed by atoms with Gasteiger partial charge in [0.25, 0.3) is 5.91 Å². The molecule has 0 aliphatic carbocycles. The Morgan fingerprint density at radius 3 is 2.52 bits per heavy atom. The summed E-state index contributed by atoms with van der Waals surface area (Å²) in [5, 5.41) is 7.50. The second-order valence-electron chi connectivity index (χ2n) is 8.69. The molecular formula is C19H32N4O2. The van der Waals surface area contributed by atoms with Crippen molar-refractivity contribution >= 4 is 11.8 Å². The maximum atomic E-state index is 13.1. The van der Waals surface area contributed by atoms with Crippen molar-refractivity contribution in [1.82, 2.24) is 20.0 Å². The third kappa shape index (κ3) is 3.88. The molecule has 1 fully saturated rings. The zero-order chi connectivity index (χ0) is 19.0. The number of carbonyl (C=O) groups excluding carboxylic acids is 2. The van der Waals surface area contributed by atoms with E-state index in [1.54, 1.807) is 4.90 Å². The first-order chi connectivity index (χ1) is 11.5. The zero-order valence-corrected chi connectivity index (χ0v) is 16.6. The Kier molecular flexibility index (Phi) is 5.30. The van der Waals surface area contributed by atoms with Gasteiger partial charge in [0.2, 0.25) is 5.91 Å². The van der Waals surface area contributed by atoms with Crippen LogP contribution < -0.4 is 5.32 Å². The maximum Gasteiger partial charge on any atom is 0.275 e. The van der Waals surface area contributed by atoms with Gasteiger partial charge >= 0.3 is 0 Å². The van der Waals surface area contributed by atoms with Gasteiger partial charge in [0.05, 0.1) is 5.54 Å². The Balaban J connectivity index is 2.24. The second-order valence-corrected chi connectivity index (χ2v) is 8.69. The smallest absolute Gasteiger partial charge is 0.275 e. The number of hydrogen-bond acceptors (Lipinski definition) is 3. The van der Waals surface area contributed by atoms with Crippen LogP contribution in [0.2, 0.25) is 0 Å². The van der Waals surface area contributed by atoms with Gasteiger partial charge in [-0.3, -0.25) is 14.3 Å². The van der Waals surface area contributed by atoms with Crippen molar-refractivity contribution in [2.75, 3.05) is 13.1 Å². The minimum absolute atomic E-state index is 0.0703. The van der Waals surface area contributed by atoms with Crippen molar-refractivity contribution in [3.8, 4) is 0 Å². The van der Waals surface area contributed by atoms with E-state index >= 15 is 0 Å². The molecule has 1 N–H and O–H groups in total. The molecule has 0 aromatic carbocycles. The van der Waals surface area contributed by atoms with Gasteiger partial charge < -0.3 is 10.2 Å². The fraction of sp³-hybridized carbons (Fsp3) is 0.737. The van der Waals surface area contributed by atoms with E-state index in [1.807, 2.05) is 24.6 Å². The van der Waals surface area contributed by atoms with Gasteiger partial charge in [-0.2, -0.15) is 5.10 Å². The van der Waals surface area contributed by atoms with Crippen molar-refractivity contribution in [1.29, 1.82) is 0 Å². The van der Waals surface area contributed by atoms with Crippen molar-refractivity contribution in [3.63, 3.8) is 0 Å². The van der Waals surface area contributed by atoms with Crippen molar-refractivity contribution < 1.29 is 9.59 Å². The van der Waals surface area contributed by atoms with Crippen LogP contribution in [-0.4, -0.2) is 45.1 Å². The lowest BCUT2D eigenvalue weighted by Gasteiger charge is -2.33. The molecular weight excluding hydrogens is 316 g/mol. The number of aryl methyl sites for hydroxylation is 1. The highest BCUT2D eigenvalue weighted by atomic mass is 16.2. The fourth-order valence-corrected chi connectivity index (χ4v) is 3.41. The van der Waals surface area contributed by atoms with Crippen molar-refractivity contribution in [2.24, 2.45) is 5.92 Å². The van der Waals surface area contributed by atoms with Crippen LogP contribution in [0.4, 0.5) is 0 Å². The summed E-state index contributed by atoms with van der Waals surface area (Å²) in [7, 11) is 0. The predicted octanol–water partition coefficient (Wildman–Crippen LogP) is 2.71. The lowest BCUT2D eigenvalue weighted by atomic mass is 9.97. The molecule has 25 heavy (non-hydrogen) atoms. The first-order valence-corrected chi connectivity index (χ1v) is 9.14. The largest absolute Gasteiger partial charge is 0.354 e. The van der Waals surface area contributed by atoms with Gasteiger partial charge in [-0.1, -0.05) is 13.8 Å². The Morgan fingerprint density at radius 2 is 2.00 bits per heavy atom. The molecule has 1 saturated heterocycles. The van der Waals surface area contributed by atoms with Gasteiger partial charge in [0.15, 0.2) is 5.69 Å². The minimum atomic E-state index is -0.800. The van der Waals surface area contributed by atoms with Crippen LogP contribution in [0, 0.1) is 12.8 Å². The number of carbonyl (C=O) groups is 2. The van der Waals surface area contributed by atoms with Gasteiger partial charge in [-0.15, -0.1) is 0 Å². The van der Waals surface area contributed by atoms with E-state index in [9.17, 15) is 9.59 Å². The van der Waals surface area contributed by atoms with Crippen LogP contribution in [0.5, 0.6) is 0 Å². The molecule has 0 saturated carbocycles. The maximum absolute atomic E-state index is 13.1. The Bertz CT molecular complexity index is 657. The highest BCUT2D eigenvalue weighted by Crippen LogP contribution is 2.31. The van der Waals surface area contributed by atoms with E-state index in [2.05, 4.69) is 45.0 Å². The van der Waals surface area contributed by atoms with Crippen LogP contribution in [0.25, 0.3) is 0 Å². The zero-order valence-electron chi connectivity index (χ0n) is 16.6. The third-order valence-corrected chi connectivity index (χ3v) is 4.79. The van der Waals surface area contributed by atoms with E-state index in [4.69, 9.17) is 0 Å². The van der Waals surface area contributed by atoms with Gasteiger partial charge in [0.1, 0.15) is 5.54 Å². The molecule has 0 radical (unpaired) electrons. The van der Waals surface area contributed by atoms with Crippen LogP contribution in [-0.2, 0) is 10.3 Å². The van der Waals surface area contributed by atoms with E-state index in [1.165, 1.54) is 0 Å². The molecule has 1 aliphatic rings. The number of amides is 2. The van der Waals surface area contributed by atoms with Gasteiger partial charge in [-0.05, 0) is 59.4 Å². The highest BCUT2D eigenvalue weighted by molar-refractivity contribution is 5.98. The van der Waals surface area contributed by atoms with Gasteiger partial charge in [0, 0.05) is 18.8 Å². The average molecular weight is 348 g/mol. The first kappa shape index (κ1) is 19.5. The molecule has 2 heterocycles. The molecule has 6 heteroatoms. The molecule has 6 nitrogen and oxygen atoms in total. The molecule has 1 aromatic rings. The van der Waals surface area contributed by atoms with Crippen LogP contribution in [0.1, 0.15) is 70.6 Å². The summed E-state index contributed by atoms with van der Waals surface area (Å²) in [6.45, 7) is 15.3. The van der Waals surface area contributed by atoms with Crippen molar-refractivity contribution in [3.05, 3.63) is 17.5 Å². The molecule has 0 spiro atoms. The lowest BCUT2D eigenvalue weighted by Crippen LogP contribution is -2.56. The predicted molar refractivity (Wildman–Crippen MR) is 98.5 cm³/mol. The summed E-state index contributed by atoms with van der Waals surface area (Å²) < 4.78 is 1.87. The van der Waals surface area contributed by atoms with Crippen molar-refractivity contribution in [2.45, 2.75) is 72.4 Å². The molecule has 0 bridgehead atoms. The number of nitrogens with zero attached hydrogens (tertiary/aromatic N) is 3. The molecule has 1 unspecified atom stereocenters. The van der Waals surface area contributed by atoms with E-state index in [-0.39, 0.29) is 17.4 Å². The van der Waals surface area contributed by atoms with Gasteiger partial charge in [-0.25, -0.2) is 0 Å². The minimum Gasteiger partial charge on any atom is -0.354 e.